The first kappa shape index (κ1) is 27.0. The Bertz CT molecular complexity index is 2090. The lowest BCUT2D eigenvalue weighted by Crippen LogP contribution is -2.42. The fourth-order valence-electron chi connectivity index (χ4n) is 7.05. The Hall–Kier alpha value is -4.57. The Morgan fingerprint density at radius 1 is 1.16 bits per heavy atom. The Labute approximate surface area is 253 Å². The molecule has 2 unspecified atom stereocenters. The van der Waals surface area contributed by atoms with E-state index >= 15 is 0 Å². The summed E-state index contributed by atoms with van der Waals surface area (Å²) in [5.41, 5.74) is 13.7. The highest BCUT2D eigenvalue weighted by Gasteiger charge is 2.39. The van der Waals surface area contributed by atoms with Crippen LogP contribution in [0.3, 0.4) is 0 Å². The molecular formula is C34H35FN8O. The molecule has 1 aromatic carbocycles. The van der Waals surface area contributed by atoms with Gasteiger partial charge in [-0.25, -0.2) is 9.50 Å². The van der Waals surface area contributed by atoms with Crippen LogP contribution in [0.1, 0.15) is 49.0 Å². The van der Waals surface area contributed by atoms with Crippen molar-refractivity contribution in [2.24, 2.45) is 17.6 Å². The van der Waals surface area contributed by atoms with Crippen molar-refractivity contribution in [2.75, 3.05) is 6.54 Å². The molecule has 1 amide bonds. The standard InChI is InChI=1S/C34H35FN8O/c1-4-26-30(36)18(2)15-42(26)34(44)22-11-13-27-19(3)31(40-43(27)17-22)28-14-21-10-12-24(37-33(21)41(28)16-20-8-9-20)23-6-5-7-25-29(23)32(35)39-38-25/h5-7,10-14,17-18,20,26,30H,4,8-9,15-16,36H2,1-3H3,(H,38,39)/t18?,26?,30-/m1/s1. The number of carbonyl (C=O) groups is 1. The van der Waals surface area contributed by atoms with Crippen molar-refractivity contribution in [3.05, 3.63) is 71.8 Å². The van der Waals surface area contributed by atoms with Crippen LogP contribution >= 0.6 is 0 Å². The summed E-state index contributed by atoms with van der Waals surface area (Å²) in [5, 5.41) is 13.0. The predicted molar refractivity (Wildman–Crippen MR) is 169 cm³/mol. The highest BCUT2D eigenvalue weighted by molar-refractivity contribution is 5.96. The van der Waals surface area contributed by atoms with E-state index in [2.05, 4.69) is 47.7 Å². The highest BCUT2D eigenvalue weighted by atomic mass is 19.1. The molecule has 2 fully saturated rings. The van der Waals surface area contributed by atoms with Gasteiger partial charge >= 0.3 is 0 Å². The average molecular weight is 591 g/mol. The third-order valence-corrected chi connectivity index (χ3v) is 9.73. The van der Waals surface area contributed by atoms with Crippen molar-refractivity contribution in [1.29, 1.82) is 0 Å². The number of halogens is 1. The van der Waals surface area contributed by atoms with Crippen LogP contribution in [0.5, 0.6) is 0 Å². The summed E-state index contributed by atoms with van der Waals surface area (Å²) in [5.74, 6) is 0.390. The SMILES string of the molecule is CCC1[C@H](N)C(C)CN1C(=O)c1ccc2c(C)c(-c3cc4ccc(-c5cccc6n[nH]c(F)c56)nc4n3CC3CC3)nn2c1. The molecule has 6 aromatic rings. The molecule has 1 aliphatic heterocycles. The number of nitrogens with zero attached hydrogens (tertiary/aromatic N) is 6. The molecule has 3 atom stereocenters. The first-order valence-corrected chi connectivity index (χ1v) is 15.5. The Balaban J connectivity index is 1.22. The Kier molecular flexibility index (Phi) is 6.13. The largest absolute Gasteiger partial charge is 0.334 e. The molecule has 0 bridgehead atoms. The van der Waals surface area contributed by atoms with Gasteiger partial charge < -0.3 is 15.2 Å². The molecule has 44 heavy (non-hydrogen) atoms. The number of aromatic amines is 1. The minimum Gasteiger partial charge on any atom is -0.334 e. The van der Waals surface area contributed by atoms with E-state index in [1.54, 1.807) is 6.07 Å². The molecular weight excluding hydrogens is 555 g/mol. The highest BCUT2D eigenvalue weighted by Crippen LogP contribution is 2.38. The third kappa shape index (κ3) is 4.15. The second-order valence-corrected chi connectivity index (χ2v) is 12.6. The van der Waals surface area contributed by atoms with Crippen molar-refractivity contribution in [2.45, 2.75) is 58.7 Å². The molecule has 0 spiro atoms. The van der Waals surface area contributed by atoms with Crippen LogP contribution < -0.4 is 5.73 Å². The molecule has 3 N–H and O–H groups in total. The van der Waals surface area contributed by atoms with Gasteiger partial charge in [0.05, 0.1) is 33.4 Å². The lowest BCUT2D eigenvalue weighted by atomic mass is 10.0. The molecule has 1 saturated heterocycles. The van der Waals surface area contributed by atoms with Gasteiger partial charge in [-0.05, 0) is 74.4 Å². The number of H-pyrrole nitrogens is 1. The number of rotatable bonds is 6. The van der Waals surface area contributed by atoms with Crippen LogP contribution in [0.2, 0.25) is 0 Å². The summed E-state index contributed by atoms with van der Waals surface area (Å²) in [7, 11) is 0. The summed E-state index contributed by atoms with van der Waals surface area (Å²) in [6, 6.07) is 15.6. The number of fused-ring (bicyclic) bond motifs is 3. The van der Waals surface area contributed by atoms with Crippen LogP contribution in [-0.2, 0) is 6.54 Å². The van der Waals surface area contributed by atoms with Crippen LogP contribution in [-0.4, -0.2) is 58.8 Å². The topological polar surface area (TPSA) is 110 Å². The number of aryl methyl sites for hydroxylation is 1. The predicted octanol–water partition coefficient (Wildman–Crippen LogP) is 5.95. The van der Waals surface area contributed by atoms with E-state index in [0.29, 0.717) is 40.2 Å². The van der Waals surface area contributed by atoms with E-state index in [4.69, 9.17) is 15.8 Å². The number of likely N-dealkylation sites (tertiary alicyclic amines) is 1. The normalized spacial score (nSPS) is 20.5. The van der Waals surface area contributed by atoms with Crippen molar-refractivity contribution in [3.63, 3.8) is 0 Å². The zero-order valence-corrected chi connectivity index (χ0v) is 25.1. The number of aromatic nitrogens is 6. The number of hydrogen-bond acceptors (Lipinski definition) is 5. The van der Waals surface area contributed by atoms with E-state index in [1.165, 1.54) is 12.8 Å². The second kappa shape index (κ2) is 9.99. The van der Waals surface area contributed by atoms with E-state index in [-0.39, 0.29) is 23.9 Å². The van der Waals surface area contributed by atoms with Crippen molar-refractivity contribution < 1.29 is 9.18 Å². The maximum Gasteiger partial charge on any atom is 0.255 e. The molecule has 9 nitrogen and oxygen atoms in total. The Morgan fingerprint density at radius 2 is 2.00 bits per heavy atom. The van der Waals surface area contributed by atoms with Gasteiger partial charge in [0.25, 0.3) is 5.91 Å². The molecule has 1 saturated carbocycles. The van der Waals surface area contributed by atoms with Gasteiger partial charge in [-0.15, -0.1) is 0 Å². The number of pyridine rings is 2. The monoisotopic (exact) mass is 590 g/mol. The van der Waals surface area contributed by atoms with E-state index < -0.39 is 5.95 Å². The lowest BCUT2D eigenvalue weighted by Gasteiger charge is -2.25. The fraction of sp³-hybridized carbons (Fsp3) is 0.353. The summed E-state index contributed by atoms with van der Waals surface area (Å²) in [4.78, 5) is 20.7. The second-order valence-electron chi connectivity index (χ2n) is 12.6. The number of benzene rings is 1. The minimum absolute atomic E-state index is 0.00286. The van der Waals surface area contributed by atoms with Gasteiger partial charge in [-0.2, -0.15) is 14.6 Å². The molecule has 0 radical (unpaired) electrons. The molecule has 224 valence electrons. The van der Waals surface area contributed by atoms with Crippen LogP contribution in [0, 0.1) is 24.7 Å². The Morgan fingerprint density at radius 3 is 2.80 bits per heavy atom. The van der Waals surface area contributed by atoms with Crippen molar-refractivity contribution >= 4 is 33.4 Å². The molecule has 10 heteroatoms. The lowest BCUT2D eigenvalue weighted by molar-refractivity contribution is 0.0724. The molecule has 2 aliphatic rings. The van der Waals surface area contributed by atoms with Crippen LogP contribution in [0.4, 0.5) is 4.39 Å². The van der Waals surface area contributed by atoms with Gasteiger partial charge in [0.2, 0.25) is 5.95 Å². The summed E-state index contributed by atoms with van der Waals surface area (Å²) >= 11 is 0. The summed E-state index contributed by atoms with van der Waals surface area (Å²) in [6.45, 7) is 7.78. The van der Waals surface area contributed by atoms with Crippen LogP contribution in [0.25, 0.3) is 50.1 Å². The van der Waals surface area contributed by atoms with Crippen LogP contribution in [0.15, 0.2) is 54.7 Å². The maximum atomic E-state index is 14.7. The van der Waals surface area contributed by atoms with Gasteiger partial charge in [-0.3, -0.25) is 9.89 Å². The smallest absolute Gasteiger partial charge is 0.255 e. The third-order valence-electron chi connectivity index (χ3n) is 9.73. The van der Waals surface area contributed by atoms with Gasteiger partial charge in [0.1, 0.15) is 11.3 Å². The van der Waals surface area contributed by atoms with E-state index in [0.717, 1.165) is 46.5 Å². The minimum atomic E-state index is -0.461. The first-order valence-electron chi connectivity index (χ1n) is 15.5. The molecule has 8 rings (SSSR count). The number of nitrogens with two attached hydrogens (primary N) is 1. The zero-order chi connectivity index (χ0) is 30.3. The zero-order valence-electron chi connectivity index (χ0n) is 25.1. The van der Waals surface area contributed by atoms with E-state index in [9.17, 15) is 9.18 Å². The molecule has 1 aliphatic carbocycles. The molecule has 6 heterocycles. The summed E-state index contributed by atoms with van der Waals surface area (Å²) < 4.78 is 18.8. The number of nitrogens with one attached hydrogen (secondary N) is 1. The average Bonchev–Trinajstić information content (AvgIpc) is 3.41. The summed E-state index contributed by atoms with van der Waals surface area (Å²) in [6.07, 6.45) is 5.05. The van der Waals surface area contributed by atoms with Crippen molar-refractivity contribution in [1.82, 2.24) is 34.3 Å². The van der Waals surface area contributed by atoms with Gasteiger partial charge in [0.15, 0.2) is 0 Å². The number of amides is 1. The first-order chi connectivity index (χ1) is 21.3. The maximum absolute atomic E-state index is 14.7. The number of hydrogen-bond donors (Lipinski definition) is 2. The number of carbonyl (C=O) groups excluding carboxylic acids is 1. The van der Waals surface area contributed by atoms with Gasteiger partial charge in [-0.1, -0.05) is 26.0 Å². The quantitative estimate of drug-likeness (QED) is 0.249. The fourth-order valence-corrected chi connectivity index (χ4v) is 7.05. The van der Waals surface area contributed by atoms with Gasteiger partial charge in [0, 0.05) is 47.9 Å². The van der Waals surface area contributed by atoms with Crippen molar-refractivity contribution in [3.8, 4) is 22.6 Å². The molecule has 5 aromatic heterocycles. The van der Waals surface area contributed by atoms with E-state index in [1.807, 2.05) is 45.9 Å².